The van der Waals surface area contributed by atoms with Gasteiger partial charge in [-0.1, -0.05) is 91.4 Å². The summed E-state index contributed by atoms with van der Waals surface area (Å²) in [7, 11) is 0. The maximum Gasteiger partial charge on any atom is 0.274 e. The number of aromatic nitrogens is 2. The van der Waals surface area contributed by atoms with Crippen LogP contribution in [-0.2, 0) is 0 Å². The second kappa shape index (κ2) is 10.8. The number of unbranched alkanes of at least 4 members (excludes halogenated alkanes) is 1. The van der Waals surface area contributed by atoms with E-state index in [4.69, 9.17) is 14.5 Å². The Bertz CT molecular complexity index is 1570. The quantitative estimate of drug-likeness (QED) is 0.228. The van der Waals surface area contributed by atoms with Crippen LogP contribution in [0.25, 0.3) is 33.6 Å². The van der Waals surface area contributed by atoms with Gasteiger partial charge in [-0.25, -0.2) is 9.38 Å². The summed E-state index contributed by atoms with van der Waals surface area (Å²) < 4.78 is 14.1. The number of fused-ring (bicyclic) bond motifs is 1. The Hall–Kier alpha value is -3.90. The molecule has 0 aliphatic carbocycles. The highest BCUT2D eigenvalue weighted by Crippen LogP contribution is 2.33. The first-order valence-electron chi connectivity index (χ1n) is 12.3. The molecule has 0 aliphatic heterocycles. The van der Waals surface area contributed by atoms with Gasteiger partial charge in [0.2, 0.25) is 0 Å². The molecule has 0 radical (unpaired) electrons. The molecule has 2 heterocycles. The van der Waals surface area contributed by atoms with Crippen LogP contribution in [0.4, 0.5) is 0 Å². The zero-order valence-corrected chi connectivity index (χ0v) is 21.3. The van der Waals surface area contributed by atoms with Crippen molar-refractivity contribution in [3.63, 3.8) is 0 Å². The number of nitrogens with zero attached hydrogens (tertiary/aromatic N) is 2. The van der Waals surface area contributed by atoms with E-state index in [1.54, 1.807) is 4.40 Å². The highest BCUT2D eigenvalue weighted by atomic mass is 32.1. The molecule has 0 aliphatic rings. The van der Waals surface area contributed by atoms with Gasteiger partial charge >= 0.3 is 0 Å². The molecule has 36 heavy (non-hydrogen) atoms. The fourth-order valence-electron chi connectivity index (χ4n) is 4.14. The van der Waals surface area contributed by atoms with Gasteiger partial charge in [0.1, 0.15) is 0 Å². The minimum absolute atomic E-state index is 0.0789. The van der Waals surface area contributed by atoms with Crippen molar-refractivity contribution in [1.82, 2.24) is 9.38 Å². The minimum atomic E-state index is -0.0789. The Kier molecular flexibility index (Phi) is 7.14. The second-order valence-electron chi connectivity index (χ2n) is 8.42. The Morgan fingerprint density at radius 3 is 2.31 bits per heavy atom. The number of hydrogen-bond donors (Lipinski definition) is 0. The standard InChI is InChI=1S/C30H28N2O3S/c1-3-5-18-35-24-17-16-21(19-25(24)34-4-2)20-26-29(33)32-28(23-14-10-7-11-15-23)27(31-30(32)36-26)22-12-8-6-9-13-22/h6-17,19-20H,3-5,18H2,1-2H3. The van der Waals surface area contributed by atoms with E-state index in [-0.39, 0.29) is 5.56 Å². The van der Waals surface area contributed by atoms with Gasteiger partial charge in [0, 0.05) is 11.1 Å². The van der Waals surface area contributed by atoms with Crippen LogP contribution in [0, 0.1) is 0 Å². The van der Waals surface area contributed by atoms with E-state index in [1.165, 1.54) is 11.3 Å². The van der Waals surface area contributed by atoms with Crippen LogP contribution < -0.4 is 19.6 Å². The number of hydrogen-bond acceptors (Lipinski definition) is 5. The number of benzene rings is 3. The van der Waals surface area contributed by atoms with E-state index in [0.717, 1.165) is 46.7 Å². The van der Waals surface area contributed by atoms with Crippen LogP contribution in [0.15, 0.2) is 83.7 Å². The molecule has 5 rings (SSSR count). The first-order chi connectivity index (χ1) is 17.7. The van der Waals surface area contributed by atoms with Gasteiger partial charge in [-0.3, -0.25) is 4.79 Å². The lowest BCUT2D eigenvalue weighted by Gasteiger charge is -2.12. The van der Waals surface area contributed by atoms with Crippen molar-refractivity contribution in [2.24, 2.45) is 0 Å². The second-order valence-corrected chi connectivity index (χ2v) is 9.43. The first-order valence-corrected chi connectivity index (χ1v) is 13.1. The summed E-state index contributed by atoms with van der Waals surface area (Å²) >= 11 is 1.40. The third-order valence-corrected chi connectivity index (χ3v) is 6.85. The van der Waals surface area contributed by atoms with Gasteiger partial charge in [-0.2, -0.15) is 0 Å². The molecule has 6 heteroatoms. The average molecular weight is 497 g/mol. The maximum atomic E-state index is 13.7. The van der Waals surface area contributed by atoms with Crippen molar-refractivity contribution in [2.75, 3.05) is 13.2 Å². The van der Waals surface area contributed by atoms with Gasteiger partial charge in [-0.15, -0.1) is 0 Å². The fourth-order valence-corrected chi connectivity index (χ4v) is 5.11. The average Bonchev–Trinajstić information content (AvgIpc) is 3.43. The molecule has 5 aromatic rings. The molecular formula is C30H28N2O3S. The monoisotopic (exact) mass is 496 g/mol. The van der Waals surface area contributed by atoms with Crippen LogP contribution in [0.5, 0.6) is 11.5 Å². The molecule has 0 amide bonds. The third kappa shape index (κ3) is 4.77. The SMILES string of the molecule is CCCCOc1ccc(C=c2sc3nc(-c4ccccc4)c(-c4ccccc4)n3c2=O)cc1OCC. The van der Waals surface area contributed by atoms with Gasteiger partial charge < -0.3 is 9.47 Å². The number of rotatable bonds is 9. The topological polar surface area (TPSA) is 52.8 Å². The molecule has 0 saturated heterocycles. The third-order valence-electron chi connectivity index (χ3n) is 5.88. The normalized spacial score (nSPS) is 11.8. The summed E-state index contributed by atoms with van der Waals surface area (Å²) in [5, 5.41) is 0. The van der Waals surface area contributed by atoms with E-state index in [9.17, 15) is 4.79 Å². The molecule has 0 saturated carbocycles. The van der Waals surface area contributed by atoms with Crippen molar-refractivity contribution >= 4 is 22.4 Å². The largest absolute Gasteiger partial charge is 0.490 e. The lowest BCUT2D eigenvalue weighted by atomic mass is 10.1. The van der Waals surface area contributed by atoms with Crippen molar-refractivity contribution < 1.29 is 9.47 Å². The summed E-state index contributed by atoms with van der Waals surface area (Å²) in [6.07, 6.45) is 3.96. The molecule has 0 bridgehead atoms. The van der Waals surface area contributed by atoms with Crippen molar-refractivity contribution in [3.8, 4) is 34.0 Å². The Morgan fingerprint density at radius 1 is 0.889 bits per heavy atom. The van der Waals surface area contributed by atoms with E-state index < -0.39 is 0 Å². The van der Waals surface area contributed by atoms with Gasteiger partial charge in [-0.05, 0) is 37.1 Å². The van der Waals surface area contributed by atoms with Crippen molar-refractivity contribution in [1.29, 1.82) is 0 Å². The number of ether oxygens (including phenoxy) is 2. The van der Waals surface area contributed by atoms with Crippen LogP contribution in [0.2, 0.25) is 0 Å². The highest BCUT2D eigenvalue weighted by Gasteiger charge is 2.20. The lowest BCUT2D eigenvalue weighted by molar-refractivity contribution is 0.272. The van der Waals surface area contributed by atoms with Gasteiger partial charge in [0.25, 0.3) is 5.56 Å². The molecular weight excluding hydrogens is 468 g/mol. The molecule has 0 fully saturated rings. The Labute approximate surface area is 214 Å². The molecule has 3 aromatic carbocycles. The van der Waals surface area contributed by atoms with Gasteiger partial charge in [0.05, 0.1) is 29.1 Å². The smallest absolute Gasteiger partial charge is 0.274 e. The summed E-state index contributed by atoms with van der Waals surface area (Å²) in [4.78, 5) is 19.2. The predicted octanol–water partition coefficient (Wildman–Crippen LogP) is 6.22. The minimum Gasteiger partial charge on any atom is -0.490 e. The molecule has 0 spiro atoms. The molecule has 0 N–H and O–H groups in total. The fraction of sp³-hybridized carbons (Fsp3) is 0.200. The zero-order chi connectivity index (χ0) is 24.9. The first kappa shape index (κ1) is 23.8. The summed E-state index contributed by atoms with van der Waals surface area (Å²) in [5.74, 6) is 1.41. The molecule has 182 valence electrons. The molecule has 5 nitrogen and oxygen atoms in total. The van der Waals surface area contributed by atoms with E-state index >= 15 is 0 Å². The molecule has 2 aromatic heterocycles. The number of imidazole rings is 1. The molecule has 0 atom stereocenters. The van der Waals surface area contributed by atoms with Gasteiger partial charge in [0.15, 0.2) is 16.5 Å². The zero-order valence-electron chi connectivity index (χ0n) is 20.4. The van der Waals surface area contributed by atoms with Crippen molar-refractivity contribution in [3.05, 3.63) is 99.3 Å². The van der Waals surface area contributed by atoms with E-state index in [2.05, 4.69) is 6.92 Å². The van der Waals surface area contributed by atoms with Crippen LogP contribution in [0.1, 0.15) is 32.3 Å². The lowest BCUT2D eigenvalue weighted by Crippen LogP contribution is -2.23. The predicted molar refractivity (Wildman–Crippen MR) is 147 cm³/mol. The Morgan fingerprint density at radius 2 is 1.61 bits per heavy atom. The number of thiazole rings is 1. The van der Waals surface area contributed by atoms with Crippen molar-refractivity contribution in [2.45, 2.75) is 26.7 Å². The van der Waals surface area contributed by atoms with E-state index in [1.807, 2.05) is 91.9 Å². The van der Waals surface area contributed by atoms with E-state index in [0.29, 0.717) is 28.5 Å². The summed E-state index contributed by atoms with van der Waals surface area (Å²) in [6, 6.07) is 25.8. The van der Waals surface area contributed by atoms with Crippen LogP contribution in [0.3, 0.4) is 0 Å². The summed E-state index contributed by atoms with van der Waals surface area (Å²) in [5.41, 5.74) is 4.36. The molecule has 0 unspecified atom stereocenters. The van der Waals surface area contributed by atoms with Crippen LogP contribution in [-0.4, -0.2) is 22.6 Å². The highest BCUT2D eigenvalue weighted by molar-refractivity contribution is 7.15. The summed E-state index contributed by atoms with van der Waals surface area (Å²) in [6.45, 7) is 5.27. The Balaban J connectivity index is 1.62. The van der Waals surface area contributed by atoms with Crippen LogP contribution >= 0.6 is 11.3 Å². The maximum absolute atomic E-state index is 13.7.